The Hall–Kier alpha value is -1.95. The van der Waals surface area contributed by atoms with Crippen molar-refractivity contribution in [3.8, 4) is 0 Å². The van der Waals surface area contributed by atoms with Gasteiger partial charge >= 0.3 is 5.97 Å². The zero-order chi connectivity index (χ0) is 16.8. The number of benzene rings is 1. The minimum atomic E-state index is -0.772. The van der Waals surface area contributed by atoms with Crippen LogP contribution in [0, 0.1) is 5.82 Å². The third-order valence-electron chi connectivity index (χ3n) is 3.24. The van der Waals surface area contributed by atoms with Gasteiger partial charge in [-0.1, -0.05) is 12.1 Å². The summed E-state index contributed by atoms with van der Waals surface area (Å²) in [5.41, 5.74) is 6.15. The predicted octanol–water partition coefficient (Wildman–Crippen LogP) is 1.54. The maximum Gasteiger partial charge on any atom is 0.305 e. The first kappa shape index (κ1) is 18.1. The molecule has 0 aromatic heterocycles. The smallest absolute Gasteiger partial charge is 0.305 e. The van der Waals surface area contributed by atoms with Crippen molar-refractivity contribution in [3.05, 3.63) is 35.6 Å². The van der Waals surface area contributed by atoms with E-state index >= 15 is 0 Å². The molecule has 5 nitrogen and oxygen atoms in total. The van der Waals surface area contributed by atoms with Crippen LogP contribution in [0.2, 0.25) is 0 Å². The molecule has 0 unspecified atom stereocenters. The highest BCUT2D eigenvalue weighted by Gasteiger charge is 2.24. The van der Waals surface area contributed by atoms with E-state index in [-0.39, 0.29) is 24.6 Å². The number of methoxy groups -OCH3 is 1. The van der Waals surface area contributed by atoms with Gasteiger partial charge in [-0.3, -0.25) is 9.59 Å². The van der Waals surface area contributed by atoms with Crippen LogP contribution in [0.5, 0.6) is 0 Å². The third kappa shape index (κ3) is 6.22. The average Bonchev–Trinajstić information content (AvgIpc) is 2.45. The molecular formula is C16H23FN2O3. The molecule has 1 amide bonds. The summed E-state index contributed by atoms with van der Waals surface area (Å²) in [7, 11) is 1.29. The van der Waals surface area contributed by atoms with Gasteiger partial charge in [-0.2, -0.15) is 0 Å². The zero-order valence-corrected chi connectivity index (χ0v) is 13.2. The second-order valence-corrected chi connectivity index (χ2v) is 5.90. The first-order chi connectivity index (χ1) is 10.2. The Morgan fingerprint density at radius 3 is 2.45 bits per heavy atom. The molecule has 1 rings (SSSR count). The van der Waals surface area contributed by atoms with Crippen molar-refractivity contribution in [2.45, 2.75) is 44.7 Å². The van der Waals surface area contributed by atoms with Crippen molar-refractivity contribution in [3.63, 3.8) is 0 Å². The molecule has 3 N–H and O–H groups in total. The van der Waals surface area contributed by atoms with E-state index in [9.17, 15) is 14.0 Å². The Labute approximate surface area is 130 Å². The van der Waals surface area contributed by atoms with Gasteiger partial charge in [0.2, 0.25) is 5.91 Å². The molecule has 0 aliphatic carbocycles. The number of carbonyl (C=O) groups is 2. The Morgan fingerprint density at radius 1 is 1.32 bits per heavy atom. The fourth-order valence-electron chi connectivity index (χ4n) is 2.09. The number of carbonyl (C=O) groups excluding carboxylic acids is 2. The molecule has 0 radical (unpaired) electrons. The molecule has 1 aromatic rings. The third-order valence-corrected chi connectivity index (χ3v) is 3.24. The molecule has 122 valence electrons. The summed E-state index contributed by atoms with van der Waals surface area (Å²) in [4.78, 5) is 23.1. The van der Waals surface area contributed by atoms with Crippen molar-refractivity contribution in [2.24, 2.45) is 5.73 Å². The molecule has 0 aliphatic rings. The number of ether oxygens (including phenoxy) is 1. The highest BCUT2D eigenvalue weighted by atomic mass is 19.1. The minimum absolute atomic E-state index is 0.101. The number of nitrogens with two attached hydrogens (primary N) is 1. The monoisotopic (exact) mass is 310 g/mol. The van der Waals surface area contributed by atoms with Crippen molar-refractivity contribution in [1.29, 1.82) is 0 Å². The summed E-state index contributed by atoms with van der Waals surface area (Å²) < 4.78 is 17.4. The molecule has 0 heterocycles. The Balaban J connectivity index is 2.53. The van der Waals surface area contributed by atoms with E-state index in [0.29, 0.717) is 6.42 Å². The van der Waals surface area contributed by atoms with Gasteiger partial charge in [0.05, 0.1) is 13.2 Å². The van der Waals surface area contributed by atoms with E-state index in [4.69, 9.17) is 5.73 Å². The topological polar surface area (TPSA) is 81.4 Å². The lowest BCUT2D eigenvalue weighted by molar-refractivity contribution is -0.140. The first-order valence-corrected chi connectivity index (χ1v) is 7.12. The van der Waals surface area contributed by atoms with Crippen LogP contribution in [0.3, 0.4) is 0 Å². The van der Waals surface area contributed by atoms with Gasteiger partial charge in [0, 0.05) is 12.0 Å². The summed E-state index contributed by atoms with van der Waals surface area (Å²) in [5, 5.41) is 2.85. The molecule has 22 heavy (non-hydrogen) atoms. The summed E-state index contributed by atoms with van der Waals surface area (Å²) in [6.45, 7) is 3.72. The lowest BCUT2D eigenvalue weighted by Crippen LogP contribution is -2.51. The largest absolute Gasteiger partial charge is 0.469 e. The van der Waals surface area contributed by atoms with Crippen LogP contribution in [-0.2, 0) is 20.7 Å². The van der Waals surface area contributed by atoms with Crippen LogP contribution in [0.15, 0.2) is 24.3 Å². The Morgan fingerprint density at radius 2 is 1.91 bits per heavy atom. The predicted molar refractivity (Wildman–Crippen MR) is 81.6 cm³/mol. The van der Waals surface area contributed by atoms with Crippen LogP contribution in [0.4, 0.5) is 4.39 Å². The number of rotatable bonds is 7. The summed E-state index contributed by atoms with van der Waals surface area (Å²) in [6, 6.07) is 5.36. The number of nitrogens with one attached hydrogen (secondary N) is 1. The number of halogens is 1. The van der Waals surface area contributed by atoms with Crippen LogP contribution in [-0.4, -0.2) is 30.6 Å². The fourth-order valence-corrected chi connectivity index (χ4v) is 2.09. The number of amides is 1. The summed E-state index contributed by atoms with van der Waals surface area (Å²) in [6.07, 6.45) is 0.872. The van der Waals surface area contributed by atoms with Crippen LogP contribution < -0.4 is 11.1 Å². The SMILES string of the molecule is COC(=O)CC[C@H](N)C(=O)NC(C)(C)Cc1ccc(F)cc1. The van der Waals surface area contributed by atoms with Gasteiger partial charge in [-0.15, -0.1) is 0 Å². The van der Waals surface area contributed by atoms with Gasteiger partial charge in [-0.25, -0.2) is 4.39 Å². The molecule has 0 fully saturated rings. The van der Waals surface area contributed by atoms with E-state index in [1.807, 2.05) is 13.8 Å². The maximum atomic E-state index is 12.9. The van der Waals surface area contributed by atoms with E-state index < -0.39 is 17.6 Å². The molecule has 0 saturated carbocycles. The maximum absolute atomic E-state index is 12.9. The van der Waals surface area contributed by atoms with E-state index in [2.05, 4.69) is 10.1 Å². The molecule has 0 aliphatic heterocycles. The molecule has 0 saturated heterocycles. The van der Waals surface area contributed by atoms with Crippen molar-refractivity contribution >= 4 is 11.9 Å². The van der Waals surface area contributed by atoms with Gasteiger partial charge in [0.15, 0.2) is 0 Å². The second-order valence-electron chi connectivity index (χ2n) is 5.90. The van der Waals surface area contributed by atoms with E-state index in [1.54, 1.807) is 12.1 Å². The van der Waals surface area contributed by atoms with Crippen LogP contribution in [0.1, 0.15) is 32.3 Å². The molecule has 1 aromatic carbocycles. The number of esters is 1. The lowest BCUT2D eigenvalue weighted by atomic mass is 9.94. The molecule has 6 heteroatoms. The normalized spacial score (nSPS) is 12.6. The van der Waals surface area contributed by atoms with Gasteiger partial charge in [0.1, 0.15) is 5.82 Å². The van der Waals surface area contributed by atoms with Crippen LogP contribution >= 0.6 is 0 Å². The Kier molecular flexibility index (Phi) is 6.49. The lowest BCUT2D eigenvalue weighted by Gasteiger charge is -2.28. The highest BCUT2D eigenvalue weighted by molar-refractivity contribution is 5.82. The summed E-state index contributed by atoms with van der Waals surface area (Å²) in [5.74, 6) is -1.01. The molecular weight excluding hydrogens is 287 g/mol. The quantitative estimate of drug-likeness (QED) is 0.749. The van der Waals surface area contributed by atoms with E-state index in [1.165, 1.54) is 19.2 Å². The standard InChI is InChI=1S/C16H23FN2O3/c1-16(2,10-11-4-6-12(17)7-5-11)19-15(21)13(18)8-9-14(20)22-3/h4-7,13H,8-10,18H2,1-3H3,(H,19,21)/t13-/m0/s1. The minimum Gasteiger partial charge on any atom is -0.469 e. The van der Waals surface area contributed by atoms with Crippen molar-refractivity contribution in [1.82, 2.24) is 5.32 Å². The van der Waals surface area contributed by atoms with Gasteiger partial charge < -0.3 is 15.8 Å². The van der Waals surface area contributed by atoms with Crippen molar-refractivity contribution in [2.75, 3.05) is 7.11 Å². The first-order valence-electron chi connectivity index (χ1n) is 7.12. The highest BCUT2D eigenvalue weighted by Crippen LogP contribution is 2.14. The molecule has 0 bridgehead atoms. The number of hydrogen-bond donors (Lipinski definition) is 2. The second kappa shape index (κ2) is 7.89. The Bertz CT molecular complexity index is 515. The van der Waals surface area contributed by atoms with Gasteiger partial charge in [-0.05, 0) is 44.4 Å². The summed E-state index contributed by atoms with van der Waals surface area (Å²) >= 11 is 0. The average molecular weight is 310 g/mol. The van der Waals surface area contributed by atoms with Crippen molar-refractivity contribution < 1.29 is 18.7 Å². The van der Waals surface area contributed by atoms with Gasteiger partial charge in [0.25, 0.3) is 0 Å². The fraction of sp³-hybridized carbons (Fsp3) is 0.500. The van der Waals surface area contributed by atoms with Crippen LogP contribution in [0.25, 0.3) is 0 Å². The van der Waals surface area contributed by atoms with E-state index in [0.717, 1.165) is 5.56 Å². The number of hydrogen-bond acceptors (Lipinski definition) is 4. The molecule has 0 spiro atoms. The molecule has 1 atom stereocenters. The zero-order valence-electron chi connectivity index (χ0n) is 13.2.